The number of nitrogens with two attached hydrogens (primary N) is 1. The molecule has 0 spiro atoms. The lowest BCUT2D eigenvalue weighted by atomic mass is 9.72. The van der Waals surface area contributed by atoms with E-state index in [1.165, 1.54) is 6.07 Å². The molecule has 1 aromatic rings. The smallest absolute Gasteiger partial charge is 0.201 e. The number of halogens is 3. The Morgan fingerprint density at radius 1 is 1.33 bits per heavy atom. The van der Waals surface area contributed by atoms with E-state index in [1.54, 1.807) is 0 Å². The van der Waals surface area contributed by atoms with Crippen LogP contribution in [0.4, 0.5) is 8.78 Å². The summed E-state index contributed by atoms with van der Waals surface area (Å²) in [7, 11) is 0. The van der Waals surface area contributed by atoms with Crippen molar-refractivity contribution >= 4 is 15.9 Å². The van der Waals surface area contributed by atoms with Gasteiger partial charge in [0.1, 0.15) is 0 Å². The van der Waals surface area contributed by atoms with Crippen molar-refractivity contribution in [1.29, 1.82) is 0 Å². The second-order valence-electron chi connectivity index (χ2n) is 3.89. The first-order valence-electron chi connectivity index (χ1n) is 4.61. The van der Waals surface area contributed by atoms with Crippen LogP contribution in [0, 0.1) is 11.6 Å². The van der Waals surface area contributed by atoms with Gasteiger partial charge < -0.3 is 10.8 Å². The fourth-order valence-electron chi connectivity index (χ4n) is 1.77. The summed E-state index contributed by atoms with van der Waals surface area (Å²) in [6.45, 7) is 0. The fraction of sp³-hybridized carbons (Fsp3) is 0.400. The molecule has 0 atom stereocenters. The number of benzene rings is 1. The molecule has 1 aromatic carbocycles. The topological polar surface area (TPSA) is 46.2 Å². The van der Waals surface area contributed by atoms with Crippen molar-refractivity contribution in [3.63, 3.8) is 0 Å². The highest BCUT2D eigenvalue weighted by Crippen LogP contribution is 2.43. The van der Waals surface area contributed by atoms with Crippen LogP contribution in [0.3, 0.4) is 0 Å². The van der Waals surface area contributed by atoms with Crippen molar-refractivity contribution in [3.05, 3.63) is 27.7 Å². The van der Waals surface area contributed by atoms with Crippen LogP contribution in [-0.4, -0.2) is 5.11 Å². The molecule has 0 aliphatic heterocycles. The Balaban J connectivity index is 2.58. The number of hydrogen-bond acceptors (Lipinski definition) is 2. The maximum absolute atomic E-state index is 13.5. The predicted molar refractivity (Wildman–Crippen MR) is 55.4 cm³/mol. The minimum atomic E-state index is -1.24. The number of phenols is 1. The minimum Gasteiger partial charge on any atom is -0.504 e. The van der Waals surface area contributed by atoms with E-state index < -0.39 is 22.9 Å². The van der Waals surface area contributed by atoms with Gasteiger partial charge >= 0.3 is 0 Å². The largest absolute Gasteiger partial charge is 0.504 e. The summed E-state index contributed by atoms with van der Waals surface area (Å²) < 4.78 is 26.9. The zero-order valence-electron chi connectivity index (χ0n) is 7.86. The van der Waals surface area contributed by atoms with Gasteiger partial charge in [-0.1, -0.05) is 0 Å². The third-order valence-electron chi connectivity index (χ3n) is 2.92. The molecule has 15 heavy (non-hydrogen) atoms. The Bertz CT molecular complexity index is 418. The Hall–Kier alpha value is -0.680. The number of hydrogen-bond donors (Lipinski definition) is 2. The summed E-state index contributed by atoms with van der Waals surface area (Å²) in [4.78, 5) is 0. The zero-order chi connectivity index (χ0) is 11.2. The highest BCUT2D eigenvalue weighted by atomic mass is 79.9. The van der Waals surface area contributed by atoms with Crippen LogP contribution in [0.15, 0.2) is 10.5 Å². The third-order valence-corrected chi connectivity index (χ3v) is 3.52. The molecule has 0 heterocycles. The van der Waals surface area contributed by atoms with E-state index in [9.17, 15) is 8.78 Å². The molecule has 1 aliphatic rings. The second-order valence-corrected chi connectivity index (χ2v) is 4.75. The van der Waals surface area contributed by atoms with Gasteiger partial charge in [0.25, 0.3) is 0 Å². The van der Waals surface area contributed by atoms with Gasteiger partial charge in [0.2, 0.25) is 5.82 Å². The Morgan fingerprint density at radius 3 is 2.40 bits per heavy atom. The van der Waals surface area contributed by atoms with Crippen LogP contribution < -0.4 is 5.73 Å². The molecule has 0 bridgehead atoms. The lowest BCUT2D eigenvalue weighted by Crippen LogP contribution is -2.44. The van der Waals surface area contributed by atoms with Crippen LogP contribution in [0.5, 0.6) is 5.75 Å². The normalized spacial score (nSPS) is 18.7. The van der Waals surface area contributed by atoms with Crippen molar-refractivity contribution < 1.29 is 13.9 Å². The minimum absolute atomic E-state index is 0.133. The van der Waals surface area contributed by atoms with E-state index >= 15 is 0 Å². The second kappa shape index (κ2) is 3.42. The summed E-state index contributed by atoms with van der Waals surface area (Å²) in [6.07, 6.45) is 2.19. The Labute approximate surface area is 94.2 Å². The monoisotopic (exact) mass is 277 g/mol. The van der Waals surface area contributed by atoms with E-state index in [0.717, 1.165) is 6.42 Å². The summed E-state index contributed by atoms with van der Waals surface area (Å²) >= 11 is 2.96. The average molecular weight is 278 g/mol. The molecule has 1 fully saturated rings. The van der Waals surface area contributed by atoms with Crippen molar-refractivity contribution in [1.82, 2.24) is 0 Å². The maximum atomic E-state index is 13.5. The Kier molecular flexibility index (Phi) is 2.47. The van der Waals surface area contributed by atoms with Gasteiger partial charge in [-0.3, -0.25) is 0 Å². The molecule has 2 rings (SSSR count). The molecule has 0 saturated heterocycles. The standard InChI is InChI=1S/C10H10BrF2NO/c11-6-4-5(10(14)2-1-3-10)7(12)8(13)9(6)15/h4,15H,1-3,14H2. The summed E-state index contributed by atoms with van der Waals surface area (Å²) in [5.74, 6) is -2.99. The van der Waals surface area contributed by atoms with Crippen LogP contribution >= 0.6 is 15.9 Å². The number of rotatable bonds is 1. The third kappa shape index (κ3) is 1.54. The van der Waals surface area contributed by atoms with E-state index in [2.05, 4.69) is 15.9 Å². The first-order chi connectivity index (χ1) is 6.96. The average Bonchev–Trinajstić information content (AvgIpc) is 2.17. The molecule has 0 radical (unpaired) electrons. The van der Waals surface area contributed by atoms with Crippen LogP contribution in [0.25, 0.3) is 0 Å². The van der Waals surface area contributed by atoms with Crippen LogP contribution in [-0.2, 0) is 5.54 Å². The van der Waals surface area contributed by atoms with E-state index in [0.29, 0.717) is 12.8 Å². The molecule has 3 N–H and O–H groups in total. The highest BCUT2D eigenvalue weighted by Gasteiger charge is 2.38. The molecule has 82 valence electrons. The van der Waals surface area contributed by atoms with Crippen molar-refractivity contribution in [2.24, 2.45) is 5.73 Å². The number of aromatic hydroxyl groups is 1. The van der Waals surface area contributed by atoms with Gasteiger partial charge in [-0.2, -0.15) is 4.39 Å². The van der Waals surface area contributed by atoms with E-state index in [-0.39, 0.29) is 10.0 Å². The molecular formula is C10H10BrF2NO. The summed E-state index contributed by atoms with van der Waals surface area (Å²) in [5, 5.41) is 9.17. The van der Waals surface area contributed by atoms with Crippen molar-refractivity contribution in [2.75, 3.05) is 0 Å². The van der Waals surface area contributed by atoms with Gasteiger partial charge in [-0.05, 0) is 41.3 Å². The molecule has 5 heteroatoms. The summed E-state index contributed by atoms with van der Waals surface area (Å²) in [5.41, 5.74) is 5.26. The first-order valence-corrected chi connectivity index (χ1v) is 5.41. The van der Waals surface area contributed by atoms with Gasteiger partial charge in [-0.25, -0.2) is 4.39 Å². The van der Waals surface area contributed by atoms with Gasteiger partial charge in [-0.15, -0.1) is 0 Å². The van der Waals surface area contributed by atoms with Gasteiger partial charge in [0.05, 0.1) is 4.47 Å². The SMILES string of the molecule is NC1(c2cc(Br)c(O)c(F)c2F)CCC1. The predicted octanol–water partition coefficient (Wildman–Crippen LogP) is 2.77. The fourth-order valence-corrected chi connectivity index (χ4v) is 2.18. The lowest BCUT2D eigenvalue weighted by molar-refractivity contribution is 0.241. The molecular weight excluding hydrogens is 268 g/mol. The van der Waals surface area contributed by atoms with Crippen LogP contribution in [0.1, 0.15) is 24.8 Å². The van der Waals surface area contributed by atoms with E-state index in [4.69, 9.17) is 10.8 Å². The summed E-state index contributed by atoms with van der Waals surface area (Å²) in [6, 6.07) is 1.35. The molecule has 1 aliphatic carbocycles. The van der Waals surface area contributed by atoms with Crippen molar-refractivity contribution in [3.8, 4) is 5.75 Å². The quantitative estimate of drug-likeness (QED) is 0.776. The van der Waals surface area contributed by atoms with E-state index in [1.807, 2.05) is 0 Å². The first kappa shape index (κ1) is 10.8. The molecule has 1 saturated carbocycles. The molecule has 0 aromatic heterocycles. The number of phenolic OH excluding ortho intramolecular Hbond substituents is 1. The van der Waals surface area contributed by atoms with Crippen molar-refractivity contribution in [2.45, 2.75) is 24.8 Å². The maximum Gasteiger partial charge on any atom is 0.201 e. The Morgan fingerprint density at radius 2 is 1.93 bits per heavy atom. The highest BCUT2D eigenvalue weighted by molar-refractivity contribution is 9.10. The zero-order valence-corrected chi connectivity index (χ0v) is 9.44. The van der Waals surface area contributed by atoms with Gasteiger partial charge in [0.15, 0.2) is 11.6 Å². The van der Waals surface area contributed by atoms with Gasteiger partial charge in [0, 0.05) is 11.1 Å². The molecule has 2 nitrogen and oxygen atoms in total. The lowest BCUT2D eigenvalue weighted by Gasteiger charge is -2.38. The molecule has 0 unspecified atom stereocenters. The van der Waals surface area contributed by atoms with Crippen LogP contribution in [0.2, 0.25) is 0 Å². The molecule has 0 amide bonds.